The molecule has 0 bridgehead atoms. The number of nitrogens with zero attached hydrogens (tertiary/aromatic N) is 1. The van der Waals surface area contributed by atoms with Gasteiger partial charge in [0.2, 0.25) is 0 Å². The number of para-hydroxylation sites is 1. The van der Waals surface area contributed by atoms with E-state index in [1.807, 2.05) is 42.5 Å². The Morgan fingerprint density at radius 2 is 1.64 bits per heavy atom. The third-order valence-corrected chi connectivity index (χ3v) is 4.12. The van der Waals surface area contributed by atoms with Gasteiger partial charge in [-0.25, -0.2) is 0 Å². The van der Waals surface area contributed by atoms with Gasteiger partial charge in [0.15, 0.2) is 0 Å². The second-order valence-corrected chi connectivity index (χ2v) is 6.05. The molecule has 142 valence electrons. The van der Waals surface area contributed by atoms with E-state index in [9.17, 15) is 4.79 Å². The molecule has 0 heterocycles. The average molecular weight is 375 g/mol. The molecule has 28 heavy (non-hydrogen) atoms. The minimum absolute atomic E-state index is 0.0972. The van der Waals surface area contributed by atoms with Gasteiger partial charge in [-0.1, -0.05) is 42.5 Å². The maximum absolute atomic E-state index is 13.1. The van der Waals surface area contributed by atoms with E-state index in [2.05, 4.69) is 0 Å². The Labute approximate surface area is 163 Å². The number of ether oxygens (including phenoxy) is 1. The van der Waals surface area contributed by atoms with E-state index in [4.69, 9.17) is 20.7 Å². The van der Waals surface area contributed by atoms with Crippen LogP contribution in [-0.2, 0) is 11.4 Å². The lowest BCUT2D eigenvalue weighted by Crippen LogP contribution is -2.31. The molecule has 0 spiro atoms. The SMILES string of the molecule is COc1ccc(CON(C(=O)c2cccc(C(=N)N)c2)c2ccccc2)cc1. The number of hydrogen-bond acceptors (Lipinski definition) is 4. The zero-order valence-electron chi connectivity index (χ0n) is 15.5. The number of hydrogen-bond donors (Lipinski definition) is 2. The number of methoxy groups -OCH3 is 1. The molecule has 0 fully saturated rings. The number of anilines is 1. The summed E-state index contributed by atoms with van der Waals surface area (Å²) in [5, 5.41) is 8.84. The lowest BCUT2D eigenvalue weighted by atomic mass is 10.1. The van der Waals surface area contributed by atoms with Crippen LogP contribution in [0.2, 0.25) is 0 Å². The minimum Gasteiger partial charge on any atom is -0.497 e. The third-order valence-electron chi connectivity index (χ3n) is 4.12. The molecule has 0 saturated carbocycles. The summed E-state index contributed by atoms with van der Waals surface area (Å²) in [5.41, 5.74) is 7.91. The maximum Gasteiger partial charge on any atom is 0.282 e. The zero-order chi connectivity index (χ0) is 19.9. The van der Waals surface area contributed by atoms with Gasteiger partial charge in [0.25, 0.3) is 5.91 Å². The molecule has 3 N–H and O–H groups in total. The lowest BCUT2D eigenvalue weighted by molar-refractivity contribution is 0.0599. The predicted molar refractivity (Wildman–Crippen MR) is 108 cm³/mol. The molecule has 3 aromatic rings. The quantitative estimate of drug-likeness (QED) is 0.374. The molecule has 0 aliphatic rings. The van der Waals surface area contributed by atoms with Crippen molar-refractivity contribution in [2.24, 2.45) is 5.73 Å². The summed E-state index contributed by atoms with van der Waals surface area (Å²) in [6, 6.07) is 23.2. The van der Waals surface area contributed by atoms with Gasteiger partial charge < -0.3 is 10.5 Å². The molecular formula is C22H21N3O3. The summed E-state index contributed by atoms with van der Waals surface area (Å²) in [6.07, 6.45) is 0. The fourth-order valence-electron chi connectivity index (χ4n) is 2.61. The molecule has 0 aliphatic heterocycles. The first-order valence-electron chi connectivity index (χ1n) is 8.68. The summed E-state index contributed by atoms with van der Waals surface area (Å²) < 4.78 is 5.16. The smallest absolute Gasteiger partial charge is 0.282 e. The van der Waals surface area contributed by atoms with Crippen molar-refractivity contribution in [2.45, 2.75) is 6.61 Å². The summed E-state index contributed by atoms with van der Waals surface area (Å²) in [5.74, 6) is 0.309. The third kappa shape index (κ3) is 4.55. The molecule has 0 atom stereocenters. The Bertz CT molecular complexity index is 956. The Kier molecular flexibility index (Phi) is 6.04. The number of nitrogens with one attached hydrogen (secondary N) is 1. The molecular weight excluding hydrogens is 354 g/mol. The van der Waals surface area contributed by atoms with Crippen molar-refractivity contribution in [1.82, 2.24) is 0 Å². The summed E-state index contributed by atoms with van der Waals surface area (Å²) in [6.45, 7) is 0.205. The van der Waals surface area contributed by atoms with Crippen LogP contribution >= 0.6 is 0 Å². The monoisotopic (exact) mass is 375 g/mol. The number of carbonyl (C=O) groups is 1. The number of amidine groups is 1. The van der Waals surface area contributed by atoms with Gasteiger partial charge in [-0.3, -0.25) is 15.0 Å². The van der Waals surface area contributed by atoms with Gasteiger partial charge in [0.05, 0.1) is 12.8 Å². The van der Waals surface area contributed by atoms with Gasteiger partial charge in [-0.15, -0.1) is 0 Å². The van der Waals surface area contributed by atoms with E-state index >= 15 is 0 Å². The lowest BCUT2D eigenvalue weighted by Gasteiger charge is -2.22. The second-order valence-electron chi connectivity index (χ2n) is 6.05. The van der Waals surface area contributed by atoms with E-state index in [1.165, 1.54) is 5.06 Å². The van der Waals surface area contributed by atoms with Gasteiger partial charge in [-0.05, 0) is 42.0 Å². The fraction of sp³-hybridized carbons (Fsp3) is 0.0909. The van der Waals surface area contributed by atoms with E-state index in [-0.39, 0.29) is 18.3 Å². The molecule has 3 aromatic carbocycles. The Hall–Kier alpha value is -3.64. The first-order chi connectivity index (χ1) is 13.6. The number of nitrogens with two attached hydrogens (primary N) is 1. The Morgan fingerprint density at radius 3 is 2.29 bits per heavy atom. The van der Waals surface area contributed by atoms with Crippen molar-refractivity contribution in [3.8, 4) is 5.75 Å². The summed E-state index contributed by atoms with van der Waals surface area (Å²) in [4.78, 5) is 19.0. The molecule has 6 heteroatoms. The number of benzene rings is 3. The zero-order valence-corrected chi connectivity index (χ0v) is 15.5. The van der Waals surface area contributed by atoms with Gasteiger partial charge in [0.1, 0.15) is 18.2 Å². The van der Waals surface area contributed by atoms with Crippen molar-refractivity contribution in [3.05, 3.63) is 95.6 Å². The van der Waals surface area contributed by atoms with Crippen LogP contribution in [0.5, 0.6) is 5.75 Å². The van der Waals surface area contributed by atoms with Crippen molar-refractivity contribution >= 4 is 17.4 Å². The van der Waals surface area contributed by atoms with Crippen molar-refractivity contribution in [3.63, 3.8) is 0 Å². The van der Waals surface area contributed by atoms with Crippen LogP contribution in [-0.4, -0.2) is 18.9 Å². The average Bonchev–Trinajstić information content (AvgIpc) is 2.75. The highest BCUT2D eigenvalue weighted by atomic mass is 16.7. The summed E-state index contributed by atoms with van der Waals surface area (Å²) >= 11 is 0. The number of amides is 1. The van der Waals surface area contributed by atoms with Crippen molar-refractivity contribution in [2.75, 3.05) is 12.2 Å². The highest BCUT2D eigenvalue weighted by molar-refractivity contribution is 6.06. The standard InChI is InChI=1S/C22H21N3O3/c1-27-20-12-10-16(11-13-20)15-28-25(19-8-3-2-4-9-19)22(26)18-7-5-6-17(14-18)21(23)24/h2-14H,15H2,1H3,(H3,23,24). The van der Waals surface area contributed by atoms with Crippen LogP contribution < -0.4 is 15.5 Å². The number of hydroxylamine groups is 1. The maximum atomic E-state index is 13.1. The van der Waals surface area contributed by atoms with E-state index < -0.39 is 0 Å². The highest BCUT2D eigenvalue weighted by Crippen LogP contribution is 2.20. The van der Waals surface area contributed by atoms with Crippen LogP contribution in [0.1, 0.15) is 21.5 Å². The summed E-state index contributed by atoms with van der Waals surface area (Å²) in [7, 11) is 1.61. The molecule has 0 unspecified atom stereocenters. The Balaban J connectivity index is 1.85. The normalized spacial score (nSPS) is 10.3. The van der Waals surface area contributed by atoms with Crippen LogP contribution in [0.15, 0.2) is 78.9 Å². The molecule has 0 radical (unpaired) electrons. The van der Waals surface area contributed by atoms with E-state index in [0.29, 0.717) is 16.8 Å². The largest absolute Gasteiger partial charge is 0.497 e. The number of rotatable bonds is 7. The van der Waals surface area contributed by atoms with Crippen LogP contribution in [0.4, 0.5) is 5.69 Å². The fourth-order valence-corrected chi connectivity index (χ4v) is 2.61. The van der Waals surface area contributed by atoms with Gasteiger partial charge in [-0.2, -0.15) is 5.06 Å². The molecule has 6 nitrogen and oxygen atoms in total. The van der Waals surface area contributed by atoms with Crippen LogP contribution in [0.3, 0.4) is 0 Å². The number of carbonyl (C=O) groups excluding carboxylic acids is 1. The molecule has 0 aliphatic carbocycles. The Morgan fingerprint density at radius 1 is 0.964 bits per heavy atom. The topological polar surface area (TPSA) is 88.6 Å². The van der Waals surface area contributed by atoms with Crippen LogP contribution in [0, 0.1) is 5.41 Å². The predicted octanol–water partition coefficient (Wildman–Crippen LogP) is 3.76. The highest BCUT2D eigenvalue weighted by Gasteiger charge is 2.19. The van der Waals surface area contributed by atoms with E-state index in [1.54, 1.807) is 43.5 Å². The van der Waals surface area contributed by atoms with Crippen molar-refractivity contribution in [1.29, 1.82) is 5.41 Å². The molecule has 3 rings (SSSR count). The van der Waals surface area contributed by atoms with Gasteiger partial charge in [0, 0.05) is 11.1 Å². The molecule has 0 aromatic heterocycles. The first kappa shape index (κ1) is 19.1. The first-order valence-corrected chi connectivity index (χ1v) is 8.68. The minimum atomic E-state index is -0.345. The van der Waals surface area contributed by atoms with Gasteiger partial charge >= 0.3 is 0 Å². The molecule has 0 saturated heterocycles. The molecule has 1 amide bonds. The second kappa shape index (κ2) is 8.83. The van der Waals surface area contributed by atoms with Crippen LogP contribution in [0.25, 0.3) is 0 Å². The van der Waals surface area contributed by atoms with E-state index in [0.717, 1.165) is 11.3 Å². The number of nitrogen functional groups attached to an aromatic ring is 1. The van der Waals surface area contributed by atoms with Crippen molar-refractivity contribution < 1.29 is 14.4 Å².